The predicted molar refractivity (Wildman–Crippen MR) is 55.5 cm³/mol. The molecule has 3 rings (SSSR count). The number of nitrogens with zero attached hydrogens (tertiary/aromatic N) is 4. The van der Waals surface area contributed by atoms with Gasteiger partial charge in [-0.25, -0.2) is 4.98 Å². The fraction of sp³-hybridized carbons (Fsp3) is 0. The highest BCUT2D eigenvalue weighted by Gasteiger charge is 2.03. The number of aromatic nitrogens is 4. The number of imidazole rings is 1. The van der Waals surface area contributed by atoms with Crippen LogP contribution in [-0.4, -0.2) is 19.7 Å². The molecule has 71 valence electrons. The third-order valence-corrected chi connectivity index (χ3v) is 2.22. The smallest absolute Gasteiger partial charge is 0.161 e. The Labute approximate surface area is 86.2 Å². The van der Waals surface area contributed by atoms with E-state index < -0.39 is 0 Å². The van der Waals surface area contributed by atoms with Crippen molar-refractivity contribution in [2.45, 2.75) is 0 Å². The molecular weight excluding hydrogens is 188 g/mol. The van der Waals surface area contributed by atoms with Crippen molar-refractivity contribution >= 4 is 11.0 Å². The Kier molecular flexibility index (Phi) is 1.71. The average molecular weight is 195 g/mol. The number of fused-ring (bicyclic) bond motifs is 1. The van der Waals surface area contributed by atoms with Gasteiger partial charge in [-0.1, -0.05) is 12.1 Å². The fourth-order valence-electron chi connectivity index (χ4n) is 1.53. The molecule has 0 aliphatic heterocycles. The van der Waals surface area contributed by atoms with E-state index in [0.29, 0.717) is 0 Å². The van der Waals surface area contributed by atoms with Gasteiger partial charge in [0, 0.05) is 0 Å². The third-order valence-electron chi connectivity index (χ3n) is 2.22. The lowest BCUT2D eigenvalue weighted by Gasteiger charge is -2.00. The molecule has 15 heavy (non-hydrogen) atoms. The molecule has 0 atom stereocenters. The van der Waals surface area contributed by atoms with Crippen LogP contribution < -0.4 is 0 Å². The minimum absolute atomic E-state index is 0.752. The van der Waals surface area contributed by atoms with E-state index >= 15 is 0 Å². The Morgan fingerprint density at radius 3 is 2.93 bits per heavy atom. The summed E-state index contributed by atoms with van der Waals surface area (Å²) < 4.78 is 1.90. The molecule has 0 fully saturated rings. The van der Waals surface area contributed by atoms with Crippen molar-refractivity contribution in [3.05, 3.63) is 48.9 Å². The monoisotopic (exact) mass is 195 g/mol. The van der Waals surface area contributed by atoms with Crippen LogP contribution in [0.5, 0.6) is 0 Å². The first-order valence-corrected chi connectivity index (χ1v) is 4.57. The fourth-order valence-corrected chi connectivity index (χ4v) is 1.53. The second-order valence-electron chi connectivity index (χ2n) is 3.12. The van der Waals surface area contributed by atoms with Gasteiger partial charge in [-0.05, 0) is 24.3 Å². The van der Waals surface area contributed by atoms with Crippen LogP contribution in [0, 0.1) is 6.20 Å². The van der Waals surface area contributed by atoms with Crippen molar-refractivity contribution < 1.29 is 0 Å². The largest absolute Gasteiger partial charge is 0.281 e. The zero-order valence-electron chi connectivity index (χ0n) is 7.83. The quantitative estimate of drug-likeness (QED) is 0.592. The van der Waals surface area contributed by atoms with E-state index in [9.17, 15) is 0 Å². The summed E-state index contributed by atoms with van der Waals surface area (Å²) in [5, 5.41) is 7.71. The van der Waals surface area contributed by atoms with Crippen LogP contribution in [0.2, 0.25) is 0 Å². The molecule has 1 aromatic carbocycles. The first-order valence-electron chi connectivity index (χ1n) is 4.57. The Balaban J connectivity index is 2.28. The number of rotatable bonds is 1. The second-order valence-corrected chi connectivity index (χ2v) is 3.12. The second kappa shape index (κ2) is 3.16. The summed E-state index contributed by atoms with van der Waals surface area (Å²) in [6.07, 6.45) is 4.39. The van der Waals surface area contributed by atoms with E-state index in [0.717, 1.165) is 16.9 Å². The molecule has 4 heteroatoms. The topological polar surface area (TPSA) is 43.6 Å². The van der Waals surface area contributed by atoms with Crippen LogP contribution in [0.15, 0.2) is 42.7 Å². The first-order chi connectivity index (χ1) is 7.45. The molecule has 0 saturated heterocycles. The molecule has 0 saturated carbocycles. The molecule has 0 N–H and O–H groups in total. The van der Waals surface area contributed by atoms with E-state index in [-0.39, 0.29) is 0 Å². The summed E-state index contributed by atoms with van der Waals surface area (Å²) >= 11 is 0. The van der Waals surface area contributed by atoms with E-state index in [1.54, 1.807) is 12.4 Å². The predicted octanol–water partition coefficient (Wildman–Crippen LogP) is 1.62. The molecule has 1 radical (unpaired) electrons. The Bertz CT molecular complexity index is 586. The summed E-state index contributed by atoms with van der Waals surface area (Å²) in [6.45, 7) is 0. The van der Waals surface area contributed by atoms with Crippen LogP contribution in [0.3, 0.4) is 0 Å². The average Bonchev–Trinajstić information content (AvgIpc) is 2.74. The highest BCUT2D eigenvalue weighted by molar-refractivity contribution is 5.76. The molecule has 0 aliphatic rings. The standard InChI is InChI=1S/C11H7N4/c1-2-5-10-9(4-1)12-8-15(10)11-6-3-7-13-14-11/h1-6,8H. The Morgan fingerprint density at radius 1 is 1.13 bits per heavy atom. The molecule has 0 aliphatic carbocycles. The van der Waals surface area contributed by atoms with Gasteiger partial charge in [0.2, 0.25) is 0 Å². The molecular formula is C11H7N4. The van der Waals surface area contributed by atoms with Gasteiger partial charge in [0.1, 0.15) is 12.5 Å². The van der Waals surface area contributed by atoms with Gasteiger partial charge in [0.15, 0.2) is 5.82 Å². The minimum atomic E-state index is 0.752. The third kappa shape index (κ3) is 1.27. The maximum atomic E-state index is 4.28. The lowest BCUT2D eigenvalue weighted by molar-refractivity contribution is 0.924. The van der Waals surface area contributed by atoms with Crippen molar-refractivity contribution in [2.75, 3.05) is 0 Å². The van der Waals surface area contributed by atoms with Crippen molar-refractivity contribution in [1.82, 2.24) is 19.7 Å². The lowest BCUT2D eigenvalue weighted by Crippen LogP contribution is -1.96. The maximum Gasteiger partial charge on any atom is 0.161 e. The van der Waals surface area contributed by atoms with Crippen molar-refractivity contribution in [3.8, 4) is 5.82 Å². The van der Waals surface area contributed by atoms with Crippen LogP contribution >= 0.6 is 0 Å². The molecule has 0 unspecified atom stereocenters. The Hall–Kier alpha value is -2.23. The summed E-state index contributed by atoms with van der Waals surface area (Å²) in [4.78, 5) is 4.28. The van der Waals surface area contributed by atoms with Gasteiger partial charge >= 0.3 is 0 Å². The molecule has 2 heterocycles. The van der Waals surface area contributed by atoms with E-state index in [2.05, 4.69) is 21.4 Å². The zero-order chi connectivity index (χ0) is 10.1. The van der Waals surface area contributed by atoms with Gasteiger partial charge in [-0.2, -0.15) is 0 Å². The normalized spacial score (nSPS) is 10.7. The molecule has 4 nitrogen and oxygen atoms in total. The van der Waals surface area contributed by atoms with Gasteiger partial charge in [-0.3, -0.25) is 4.57 Å². The van der Waals surface area contributed by atoms with Crippen LogP contribution in [0.1, 0.15) is 0 Å². The molecule has 0 spiro atoms. The van der Waals surface area contributed by atoms with E-state index in [1.165, 1.54) is 0 Å². The van der Waals surface area contributed by atoms with E-state index in [1.807, 2.05) is 34.9 Å². The van der Waals surface area contributed by atoms with Gasteiger partial charge in [0.05, 0.1) is 11.0 Å². The SMILES string of the molecule is [c]1ccc(-n2cnc3ccccc32)nn1. The first kappa shape index (κ1) is 8.11. The van der Waals surface area contributed by atoms with E-state index in [4.69, 9.17) is 0 Å². The van der Waals surface area contributed by atoms with Crippen molar-refractivity contribution in [1.29, 1.82) is 0 Å². The number of hydrogen-bond acceptors (Lipinski definition) is 3. The molecule has 2 aromatic heterocycles. The van der Waals surface area contributed by atoms with Crippen LogP contribution in [0.4, 0.5) is 0 Å². The summed E-state index contributed by atoms with van der Waals surface area (Å²) in [5.41, 5.74) is 1.98. The number of benzene rings is 1. The maximum absolute atomic E-state index is 4.28. The van der Waals surface area contributed by atoms with Crippen LogP contribution in [-0.2, 0) is 0 Å². The highest BCUT2D eigenvalue weighted by Crippen LogP contribution is 2.15. The van der Waals surface area contributed by atoms with Crippen molar-refractivity contribution in [2.24, 2.45) is 0 Å². The molecule has 3 aromatic rings. The van der Waals surface area contributed by atoms with Crippen molar-refractivity contribution in [3.63, 3.8) is 0 Å². The Morgan fingerprint density at radius 2 is 2.07 bits per heavy atom. The van der Waals surface area contributed by atoms with Gasteiger partial charge < -0.3 is 0 Å². The number of hydrogen-bond donors (Lipinski definition) is 0. The van der Waals surface area contributed by atoms with Gasteiger partial charge in [-0.15, -0.1) is 10.2 Å². The highest BCUT2D eigenvalue weighted by atomic mass is 15.2. The summed E-state index contributed by atoms with van der Waals surface area (Å²) in [7, 11) is 0. The molecule has 0 bridgehead atoms. The van der Waals surface area contributed by atoms with Gasteiger partial charge in [0.25, 0.3) is 0 Å². The summed E-state index contributed by atoms with van der Waals surface area (Å²) in [6, 6.07) is 11.5. The summed E-state index contributed by atoms with van der Waals surface area (Å²) in [5.74, 6) is 0.752. The number of para-hydroxylation sites is 2. The molecule has 0 amide bonds. The lowest BCUT2D eigenvalue weighted by atomic mass is 10.3. The zero-order valence-corrected chi connectivity index (χ0v) is 7.83. The van der Waals surface area contributed by atoms with Crippen LogP contribution in [0.25, 0.3) is 16.9 Å². The minimum Gasteiger partial charge on any atom is -0.281 e.